The molecule has 0 saturated heterocycles. The van der Waals surface area contributed by atoms with E-state index in [9.17, 15) is 19.5 Å². The number of nitrogens with one attached hydrogen (secondary N) is 2. The minimum Gasteiger partial charge on any atom is -0.481 e. The maximum Gasteiger partial charge on any atom is 0.307 e. The van der Waals surface area contributed by atoms with Crippen LogP contribution in [0.5, 0.6) is 5.75 Å². The maximum atomic E-state index is 12.4. The molecular formula is C20H26N2O5. The number of hydrogen-bond acceptors (Lipinski definition) is 4. The van der Waals surface area contributed by atoms with Gasteiger partial charge in [0.15, 0.2) is 6.10 Å². The normalized spacial score (nSPS) is 20.6. The Morgan fingerprint density at radius 2 is 1.56 bits per heavy atom. The van der Waals surface area contributed by atoms with Crippen molar-refractivity contribution in [3.8, 4) is 5.75 Å². The van der Waals surface area contributed by atoms with Gasteiger partial charge in [-0.25, -0.2) is 0 Å². The van der Waals surface area contributed by atoms with E-state index in [1.165, 1.54) is 0 Å². The quantitative estimate of drug-likeness (QED) is 0.542. The molecular weight excluding hydrogens is 348 g/mol. The standard InChI is InChI=1S/C20H26N2O5/c1-11-5-7-15(8-6-11)27-14(4)18(23)21-22-19(24)16-9-12(2)13(3)10-17(16)20(25)26/h5-8,14,16-17H,9-10H2,1-4H3,(H,21,23)(H,22,24)(H,25,26)/t14-,16+,17-/m1/s1. The predicted molar refractivity (Wildman–Crippen MR) is 99.8 cm³/mol. The van der Waals surface area contributed by atoms with E-state index >= 15 is 0 Å². The first kappa shape index (κ1) is 20.5. The molecule has 3 atom stereocenters. The molecule has 2 rings (SSSR count). The molecule has 1 aromatic carbocycles. The molecule has 0 spiro atoms. The summed E-state index contributed by atoms with van der Waals surface area (Å²) >= 11 is 0. The maximum absolute atomic E-state index is 12.4. The van der Waals surface area contributed by atoms with Gasteiger partial charge in [0.05, 0.1) is 11.8 Å². The van der Waals surface area contributed by atoms with Crippen LogP contribution in [-0.4, -0.2) is 29.0 Å². The second kappa shape index (κ2) is 8.70. The molecule has 146 valence electrons. The third-order valence-corrected chi connectivity index (χ3v) is 4.93. The Hall–Kier alpha value is -2.83. The molecule has 1 aliphatic rings. The highest BCUT2D eigenvalue weighted by Crippen LogP contribution is 2.34. The van der Waals surface area contributed by atoms with Crippen molar-refractivity contribution in [2.24, 2.45) is 11.8 Å². The number of hydrogen-bond donors (Lipinski definition) is 3. The van der Waals surface area contributed by atoms with Gasteiger partial charge in [0, 0.05) is 0 Å². The number of allylic oxidation sites excluding steroid dienone is 2. The molecule has 27 heavy (non-hydrogen) atoms. The Bertz CT molecular complexity index is 754. The van der Waals surface area contributed by atoms with Crippen molar-refractivity contribution in [1.29, 1.82) is 0 Å². The monoisotopic (exact) mass is 374 g/mol. The summed E-state index contributed by atoms with van der Waals surface area (Å²) in [6.07, 6.45) is -0.126. The van der Waals surface area contributed by atoms with Crippen LogP contribution in [0, 0.1) is 18.8 Å². The van der Waals surface area contributed by atoms with Crippen molar-refractivity contribution >= 4 is 17.8 Å². The fraction of sp³-hybridized carbons (Fsp3) is 0.450. The van der Waals surface area contributed by atoms with E-state index in [-0.39, 0.29) is 0 Å². The molecule has 0 fully saturated rings. The molecule has 0 aromatic heterocycles. The summed E-state index contributed by atoms with van der Waals surface area (Å²) in [5.41, 5.74) is 7.75. The van der Waals surface area contributed by atoms with Crippen molar-refractivity contribution in [3.05, 3.63) is 41.0 Å². The van der Waals surface area contributed by atoms with Gasteiger partial charge in [0.25, 0.3) is 5.91 Å². The Kier molecular flexibility index (Phi) is 6.60. The number of amides is 2. The Balaban J connectivity index is 1.92. The summed E-state index contributed by atoms with van der Waals surface area (Å²) in [7, 11) is 0. The van der Waals surface area contributed by atoms with E-state index in [1.54, 1.807) is 19.1 Å². The second-order valence-electron chi connectivity index (χ2n) is 7.07. The molecule has 0 radical (unpaired) electrons. The lowest BCUT2D eigenvalue weighted by Crippen LogP contribution is -2.51. The first-order valence-electron chi connectivity index (χ1n) is 8.90. The SMILES string of the molecule is CC1=C(C)C[C@@H](C(=O)O)[C@@H](C(=O)NNC(=O)[C@@H](C)Oc2ccc(C)cc2)C1. The van der Waals surface area contributed by atoms with E-state index in [0.717, 1.165) is 16.7 Å². The third kappa shape index (κ3) is 5.32. The van der Waals surface area contributed by atoms with Crippen LogP contribution in [0.3, 0.4) is 0 Å². The zero-order valence-electron chi connectivity index (χ0n) is 16.0. The number of ether oxygens (including phenoxy) is 1. The minimum absolute atomic E-state index is 0.333. The average Bonchev–Trinajstić information content (AvgIpc) is 2.62. The number of carboxylic acids is 1. The average molecular weight is 374 g/mol. The topological polar surface area (TPSA) is 105 Å². The van der Waals surface area contributed by atoms with Gasteiger partial charge < -0.3 is 9.84 Å². The zero-order chi connectivity index (χ0) is 20.1. The van der Waals surface area contributed by atoms with Crippen LogP contribution in [0.25, 0.3) is 0 Å². The molecule has 0 unspecified atom stereocenters. The first-order chi connectivity index (χ1) is 12.7. The number of benzene rings is 1. The molecule has 3 N–H and O–H groups in total. The molecule has 0 saturated carbocycles. The molecule has 7 heteroatoms. The molecule has 2 amide bonds. The van der Waals surface area contributed by atoms with Crippen LogP contribution in [-0.2, 0) is 14.4 Å². The Labute approximate surface area is 158 Å². The van der Waals surface area contributed by atoms with Gasteiger partial charge in [-0.05, 0) is 52.7 Å². The van der Waals surface area contributed by atoms with Gasteiger partial charge >= 0.3 is 5.97 Å². The Morgan fingerprint density at radius 1 is 1.00 bits per heavy atom. The van der Waals surface area contributed by atoms with E-state index in [4.69, 9.17) is 4.74 Å². The summed E-state index contributed by atoms with van der Waals surface area (Å²) in [4.78, 5) is 36.1. The number of aliphatic carboxylic acids is 1. The van der Waals surface area contributed by atoms with Crippen LogP contribution < -0.4 is 15.6 Å². The van der Waals surface area contributed by atoms with Crippen molar-refractivity contribution in [2.45, 2.75) is 46.6 Å². The van der Waals surface area contributed by atoms with Gasteiger partial charge in [-0.15, -0.1) is 0 Å². The third-order valence-electron chi connectivity index (χ3n) is 4.93. The summed E-state index contributed by atoms with van der Waals surface area (Å²) in [6, 6.07) is 7.26. The summed E-state index contributed by atoms with van der Waals surface area (Å²) in [6.45, 7) is 7.29. The number of carbonyl (C=O) groups excluding carboxylic acids is 2. The van der Waals surface area contributed by atoms with Gasteiger partial charge in [-0.3, -0.25) is 25.2 Å². The second-order valence-corrected chi connectivity index (χ2v) is 7.07. The number of carbonyl (C=O) groups is 3. The highest BCUT2D eigenvalue weighted by atomic mass is 16.5. The lowest BCUT2D eigenvalue weighted by atomic mass is 9.76. The highest BCUT2D eigenvalue weighted by molar-refractivity contribution is 5.88. The van der Waals surface area contributed by atoms with Crippen LogP contribution in [0.15, 0.2) is 35.4 Å². The fourth-order valence-corrected chi connectivity index (χ4v) is 3.02. The van der Waals surface area contributed by atoms with Crippen molar-refractivity contribution < 1.29 is 24.2 Å². The lowest BCUT2D eigenvalue weighted by Gasteiger charge is -2.29. The largest absolute Gasteiger partial charge is 0.481 e. The van der Waals surface area contributed by atoms with Gasteiger partial charge in [0.2, 0.25) is 5.91 Å². The molecule has 0 heterocycles. The van der Waals surface area contributed by atoms with E-state index in [0.29, 0.717) is 18.6 Å². The van der Waals surface area contributed by atoms with Crippen LogP contribution in [0.4, 0.5) is 0 Å². The van der Waals surface area contributed by atoms with Gasteiger partial charge in [-0.2, -0.15) is 0 Å². The lowest BCUT2D eigenvalue weighted by molar-refractivity contribution is -0.148. The minimum atomic E-state index is -1.01. The number of aryl methyl sites for hydroxylation is 1. The van der Waals surface area contributed by atoms with Crippen LogP contribution in [0.1, 0.15) is 39.2 Å². The van der Waals surface area contributed by atoms with E-state index < -0.39 is 35.7 Å². The molecule has 1 aromatic rings. The van der Waals surface area contributed by atoms with Crippen molar-refractivity contribution in [2.75, 3.05) is 0 Å². The summed E-state index contributed by atoms with van der Waals surface area (Å²) < 4.78 is 5.53. The van der Waals surface area contributed by atoms with Crippen molar-refractivity contribution in [3.63, 3.8) is 0 Å². The van der Waals surface area contributed by atoms with E-state index in [2.05, 4.69) is 10.9 Å². The van der Waals surface area contributed by atoms with Crippen molar-refractivity contribution in [1.82, 2.24) is 10.9 Å². The number of hydrazine groups is 1. The first-order valence-corrected chi connectivity index (χ1v) is 8.90. The number of rotatable bonds is 5. The van der Waals surface area contributed by atoms with Gasteiger partial charge in [-0.1, -0.05) is 28.8 Å². The molecule has 1 aliphatic carbocycles. The number of carboxylic acid groups (broad SMARTS) is 1. The predicted octanol–water partition coefficient (Wildman–Crippen LogP) is 2.36. The molecule has 7 nitrogen and oxygen atoms in total. The molecule has 0 aliphatic heterocycles. The fourth-order valence-electron chi connectivity index (χ4n) is 3.02. The smallest absolute Gasteiger partial charge is 0.307 e. The van der Waals surface area contributed by atoms with E-state index in [1.807, 2.05) is 32.9 Å². The summed E-state index contributed by atoms with van der Waals surface area (Å²) in [5.74, 6) is -3.01. The zero-order valence-corrected chi connectivity index (χ0v) is 16.0. The van der Waals surface area contributed by atoms with Gasteiger partial charge in [0.1, 0.15) is 5.75 Å². The van der Waals surface area contributed by atoms with Crippen LogP contribution >= 0.6 is 0 Å². The highest BCUT2D eigenvalue weighted by Gasteiger charge is 2.37. The summed E-state index contributed by atoms with van der Waals surface area (Å²) in [5, 5.41) is 9.40. The Morgan fingerprint density at radius 3 is 2.11 bits per heavy atom. The molecule has 0 bridgehead atoms. The van der Waals surface area contributed by atoms with Crippen LogP contribution in [0.2, 0.25) is 0 Å².